The van der Waals surface area contributed by atoms with E-state index in [2.05, 4.69) is 4.98 Å². The Morgan fingerprint density at radius 2 is 2.06 bits per heavy atom. The van der Waals surface area contributed by atoms with E-state index in [9.17, 15) is 13.2 Å². The van der Waals surface area contributed by atoms with Crippen molar-refractivity contribution in [3.63, 3.8) is 0 Å². The lowest BCUT2D eigenvalue weighted by Crippen LogP contribution is -2.15. The fourth-order valence-electron chi connectivity index (χ4n) is 2.11. The van der Waals surface area contributed by atoms with E-state index in [1.807, 2.05) is 0 Å². The molecule has 1 aliphatic carbocycles. The highest BCUT2D eigenvalue weighted by atomic mass is 19.4. The summed E-state index contributed by atoms with van der Waals surface area (Å²) in [5, 5.41) is 0. The summed E-state index contributed by atoms with van der Waals surface area (Å²) >= 11 is 0. The van der Waals surface area contributed by atoms with Gasteiger partial charge in [-0.25, -0.2) is 4.98 Å². The zero-order chi connectivity index (χ0) is 12.9. The summed E-state index contributed by atoms with van der Waals surface area (Å²) in [6, 6.07) is 4.69. The molecule has 0 bridgehead atoms. The highest BCUT2D eigenvalue weighted by molar-refractivity contribution is 5.79. The van der Waals surface area contributed by atoms with Gasteiger partial charge in [0, 0.05) is 12.2 Å². The maximum absolute atomic E-state index is 12.9. The van der Waals surface area contributed by atoms with Crippen LogP contribution < -0.4 is 5.73 Å². The molecule has 1 saturated carbocycles. The second-order valence-electron chi connectivity index (χ2n) is 4.74. The number of imidazole rings is 1. The van der Waals surface area contributed by atoms with Gasteiger partial charge >= 0.3 is 6.18 Å². The normalized spacial score (nSPS) is 16.4. The molecule has 0 saturated heterocycles. The van der Waals surface area contributed by atoms with Crippen molar-refractivity contribution in [2.24, 2.45) is 5.92 Å². The standard InChI is InChI=1S/C12H12F3N3/c13-12(14,15)11-17-9-5-8(16)3-4-10(9)18(11)6-7-1-2-7/h3-5,7H,1-2,6,16H2. The summed E-state index contributed by atoms with van der Waals surface area (Å²) in [5.41, 5.74) is 6.81. The van der Waals surface area contributed by atoms with Gasteiger partial charge in [0.25, 0.3) is 0 Å². The number of aromatic nitrogens is 2. The van der Waals surface area contributed by atoms with Gasteiger partial charge in [0.1, 0.15) is 0 Å². The van der Waals surface area contributed by atoms with Crippen molar-refractivity contribution >= 4 is 16.7 Å². The molecule has 1 aromatic heterocycles. The van der Waals surface area contributed by atoms with Crippen molar-refractivity contribution < 1.29 is 13.2 Å². The Labute approximate surface area is 101 Å². The van der Waals surface area contributed by atoms with E-state index in [1.54, 1.807) is 12.1 Å². The zero-order valence-electron chi connectivity index (χ0n) is 9.54. The molecule has 3 nitrogen and oxygen atoms in total. The molecule has 3 rings (SSSR count). The Morgan fingerprint density at radius 3 is 2.67 bits per heavy atom. The third kappa shape index (κ3) is 1.91. The molecule has 1 heterocycles. The number of nitrogens with two attached hydrogens (primary N) is 1. The monoisotopic (exact) mass is 255 g/mol. The van der Waals surface area contributed by atoms with Crippen molar-refractivity contribution in [2.45, 2.75) is 25.6 Å². The van der Waals surface area contributed by atoms with Crippen molar-refractivity contribution in [1.29, 1.82) is 0 Å². The Hall–Kier alpha value is -1.72. The van der Waals surface area contributed by atoms with Crippen LogP contribution in [0, 0.1) is 5.92 Å². The molecular formula is C12H12F3N3. The second kappa shape index (κ2) is 3.63. The van der Waals surface area contributed by atoms with E-state index in [0.717, 1.165) is 12.8 Å². The third-order valence-electron chi connectivity index (χ3n) is 3.16. The number of rotatable bonds is 2. The number of fused-ring (bicyclic) bond motifs is 1. The smallest absolute Gasteiger partial charge is 0.399 e. The van der Waals surface area contributed by atoms with Gasteiger partial charge in [-0.05, 0) is 37.0 Å². The van der Waals surface area contributed by atoms with E-state index in [0.29, 0.717) is 29.2 Å². The summed E-state index contributed by atoms with van der Waals surface area (Å²) in [4.78, 5) is 3.68. The number of hydrogen-bond acceptors (Lipinski definition) is 2. The number of nitrogen functional groups attached to an aromatic ring is 1. The average molecular weight is 255 g/mol. The predicted molar refractivity (Wildman–Crippen MR) is 61.9 cm³/mol. The van der Waals surface area contributed by atoms with Crippen LogP contribution in [0.4, 0.5) is 18.9 Å². The molecule has 0 aliphatic heterocycles. The molecule has 1 fully saturated rings. The van der Waals surface area contributed by atoms with E-state index < -0.39 is 12.0 Å². The molecule has 1 aromatic carbocycles. The number of hydrogen-bond donors (Lipinski definition) is 1. The molecule has 18 heavy (non-hydrogen) atoms. The molecule has 96 valence electrons. The molecule has 6 heteroatoms. The first-order chi connectivity index (χ1) is 8.45. The molecule has 0 spiro atoms. The second-order valence-corrected chi connectivity index (χ2v) is 4.74. The Kier molecular flexibility index (Phi) is 2.30. The number of anilines is 1. The summed E-state index contributed by atoms with van der Waals surface area (Å²) in [6.45, 7) is 0.384. The van der Waals surface area contributed by atoms with Crippen LogP contribution in [0.15, 0.2) is 18.2 Å². The summed E-state index contributed by atoms with van der Waals surface area (Å²) < 4.78 is 40.1. The Bertz CT molecular complexity index is 596. The van der Waals surface area contributed by atoms with Gasteiger partial charge in [-0.3, -0.25) is 0 Å². The van der Waals surface area contributed by atoms with Gasteiger partial charge in [0.05, 0.1) is 11.0 Å². The maximum Gasteiger partial charge on any atom is 0.449 e. The first-order valence-electron chi connectivity index (χ1n) is 5.78. The van der Waals surface area contributed by atoms with E-state index in [1.165, 1.54) is 10.6 Å². The van der Waals surface area contributed by atoms with Crippen LogP contribution in [-0.4, -0.2) is 9.55 Å². The predicted octanol–water partition coefficient (Wildman–Crippen LogP) is 3.05. The van der Waals surface area contributed by atoms with Gasteiger partial charge in [0.15, 0.2) is 0 Å². The third-order valence-corrected chi connectivity index (χ3v) is 3.16. The van der Waals surface area contributed by atoms with Crippen molar-refractivity contribution in [1.82, 2.24) is 9.55 Å². The number of nitrogens with zero attached hydrogens (tertiary/aromatic N) is 2. The highest BCUT2D eigenvalue weighted by Gasteiger charge is 2.38. The number of benzene rings is 1. The zero-order valence-corrected chi connectivity index (χ0v) is 9.54. The van der Waals surface area contributed by atoms with Crippen molar-refractivity contribution in [3.8, 4) is 0 Å². The van der Waals surface area contributed by atoms with Crippen LogP contribution in [-0.2, 0) is 12.7 Å². The summed E-state index contributed by atoms with van der Waals surface area (Å²) in [5.74, 6) is -0.476. The largest absolute Gasteiger partial charge is 0.449 e. The fourth-order valence-corrected chi connectivity index (χ4v) is 2.11. The Balaban J connectivity index is 2.19. The van der Waals surface area contributed by atoms with Gasteiger partial charge in [-0.2, -0.15) is 13.2 Å². The Morgan fingerprint density at radius 1 is 1.33 bits per heavy atom. The average Bonchev–Trinajstić information content (AvgIpc) is 2.99. The molecule has 0 atom stereocenters. The molecule has 2 N–H and O–H groups in total. The topological polar surface area (TPSA) is 43.8 Å². The SMILES string of the molecule is Nc1ccc2c(c1)nc(C(F)(F)F)n2CC1CC1. The van der Waals surface area contributed by atoms with E-state index in [4.69, 9.17) is 5.73 Å². The minimum absolute atomic E-state index is 0.308. The van der Waals surface area contributed by atoms with Crippen LogP contribution in [0.5, 0.6) is 0 Å². The lowest BCUT2D eigenvalue weighted by molar-refractivity contribution is -0.147. The van der Waals surface area contributed by atoms with Gasteiger partial charge in [-0.15, -0.1) is 0 Å². The molecule has 0 unspecified atom stereocenters. The lowest BCUT2D eigenvalue weighted by Gasteiger charge is -2.10. The minimum Gasteiger partial charge on any atom is -0.399 e. The van der Waals surface area contributed by atoms with Crippen molar-refractivity contribution in [2.75, 3.05) is 5.73 Å². The molecular weight excluding hydrogens is 243 g/mol. The van der Waals surface area contributed by atoms with Gasteiger partial charge < -0.3 is 10.3 Å². The fraction of sp³-hybridized carbons (Fsp3) is 0.417. The highest BCUT2D eigenvalue weighted by Crippen LogP contribution is 2.36. The maximum atomic E-state index is 12.9. The van der Waals surface area contributed by atoms with Crippen LogP contribution >= 0.6 is 0 Å². The summed E-state index contributed by atoms with van der Waals surface area (Å²) in [7, 11) is 0. The minimum atomic E-state index is -4.43. The molecule has 0 amide bonds. The first-order valence-corrected chi connectivity index (χ1v) is 5.78. The van der Waals surface area contributed by atoms with Crippen LogP contribution in [0.2, 0.25) is 0 Å². The van der Waals surface area contributed by atoms with Crippen molar-refractivity contribution in [3.05, 3.63) is 24.0 Å². The quantitative estimate of drug-likeness (QED) is 0.838. The molecule has 2 aromatic rings. The van der Waals surface area contributed by atoms with Crippen LogP contribution in [0.3, 0.4) is 0 Å². The van der Waals surface area contributed by atoms with Crippen LogP contribution in [0.1, 0.15) is 18.7 Å². The van der Waals surface area contributed by atoms with E-state index in [-0.39, 0.29) is 0 Å². The van der Waals surface area contributed by atoms with Gasteiger partial charge in [-0.1, -0.05) is 0 Å². The molecule has 0 radical (unpaired) electrons. The van der Waals surface area contributed by atoms with Gasteiger partial charge in [0.2, 0.25) is 5.82 Å². The molecule has 1 aliphatic rings. The van der Waals surface area contributed by atoms with E-state index >= 15 is 0 Å². The van der Waals surface area contributed by atoms with Crippen LogP contribution in [0.25, 0.3) is 11.0 Å². The summed E-state index contributed by atoms with van der Waals surface area (Å²) in [6.07, 6.45) is -2.44. The number of halogens is 3. The lowest BCUT2D eigenvalue weighted by atomic mass is 10.3. The number of alkyl halides is 3. The first kappa shape index (κ1) is 11.4.